The second-order valence-corrected chi connectivity index (χ2v) is 9.35. The maximum Gasteiger partial charge on any atom is 0.228 e. The summed E-state index contributed by atoms with van der Waals surface area (Å²) in [5.41, 5.74) is 2.56. The normalized spacial score (nSPS) is 15.8. The topological polar surface area (TPSA) is 112 Å². The molecule has 2 aromatic heterocycles. The molecule has 0 saturated heterocycles. The first-order valence-corrected chi connectivity index (χ1v) is 10.9. The molecule has 9 heteroatoms. The predicted octanol–water partition coefficient (Wildman–Crippen LogP) is 3.44. The summed E-state index contributed by atoms with van der Waals surface area (Å²) in [5.74, 6) is 1.22. The Bertz CT molecular complexity index is 1190. The van der Waals surface area contributed by atoms with Crippen molar-refractivity contribution in [3.05, 3.63) is 36.2 Å². The van der Waals surface area contributed by atoms with Crippen LogP contribution in [0, 0.1) is 12.8 Å². The number of aryl methyl sites for hydroxylation is 1. The summed E-state index contributed by atoms with van der Waals surface area (Å²) in [7, 11) is -0.982. The summed E-state index contributed by atoms with van der Waals surface area (Å²) >= 11 is 0. The first-order valence-electron chi connectivity index (χ1n) is 9.02. The summed E-state index contributed by atoms with van der Waals surface area (Å²) in [6, 6.07) is 9.08. The molecule has 1 amide bonds. The Morgan fingerprint density at radius 1 is 1.25 bits per heavy atom. The Hall–Kier alpha value is -2.94. The van der Waals surface area contributed by atoms with Crippen molar-refractivity contribution in [2.75, 3.05) is 23.9 Å². The second-order valence-electron chi connectivity index (χ2n) is 6.94. The van der Waals surface area contributed by atoms with Gasteiger partial charge in [0.2, 0.25) is 5.91 Å². The van der Waals surface area contributed by atoms with E-state index in [-0.39, 0.29) is 11.8 Å². The zero-order valence-corrected chi connectivity index (χ0v) is 16.8. The molecule has 1 saturated carbocycles. The quantitative estimate of drug-likeness (QED) is 0.609. The Labute approximate surface area is 163 Å². The molecule has 146 valence electrons. The van der Waals surface area contributed by atoms with Gasteiger partial charge in [-0.1, -0.05) is 12.1 Å². The standard InChI is InChI=1S/C19H22N6O2S/c1-11-21-17-14(23-13-6-4-5-7-15(13)28(3,27)20-2)10-16(24-18(17)22-11)25-19(26)12-8-9-12/h4-7,10,12H,8-9H2,1-3H3,(H3,21,22,23,24,25,26). The Morgan fingerprint density at radius 3 is 2.71 bits per heavy atom. The molecule has 0 spiro atoms. The van der Waals surface area contributed by atoms with E-state index >= 15 is 0 Å². The number of rotatable bonds is 5. The number of nitrogens with one attached hydrogen (secondary N) is 3. The number of anilines is 3. The van der Waals surface area contributed by atoms with Gasteiger partial charge in [-0.15, -0.1) is 0 Å². The summed E-state index contributed by atoms with van der Waals surface area (Å²) in [4.78, 5) is 24.9. The smallest absolute Gasteiger partial charge is 0.228 e. The van der Waals surface area contributed by atoms with Gasteiger partial charge in [0.25, 0.3) is 0 Å². The molecular weight excluding hydrogens is 376 g/mol. The highest BCUT2D eigenvalue weighted by molar-refractivity contribution is 7.93. The van der Waals surface area contributed by atoms with E-state index in [0.29, 0.717) is 39.1 Å². The van der Waals surface area contributed by atoms with Crippen molar-refractivity contribution in [3.63, 3.8) is 0 Å². The highest BCUT2D eigenvalue weighted by Crippen LogP contribution is 2.33. The minimum Gasteiger partial charge on any atom is -0.353 e. The van der Waals surface area contributed by atoms with Crippen molar-refractivity contribution in [3.8, 4) is 0 Å². The number of pyridine rings is 1. The number of carbonyl (C=O) groups excluding carboxylic acids is 1. The number of fused-ring (bicyclic) bond motifs is 1. The number of benzene rings is 1. The van der Waals surface area contributed by atoms with Crippen LogP contribution in [-0.4, -0.2) is 38.4 Å². The van der Waals surface area contributed by atoms with E-state index in [2.05, 4.69) is 29.9 Å². The molecule has 4 rings (SSSR count). The maximum atomic E-state index is 12.8. The zero-order valence-electron chi connectivity index (χ0n) is 15.9. The number of hydrogen-bond donors (Lipinski definition) is 3. The average molecular weight is 398 g/mol. The van der Waals surface area contributed by atoms with Gasteiger partial charge in [-0.25, -0.2) is 18.5 Å². The Balaban J connectivity index is 1.78. The van der Waals surface area contributed by atoms with Crippen LogP contribution in [0.2, 0.25) is 0 Å². The zero-order chi connectivity index (χ0) is 19.9. The van der Waals surface area contributed by atoms with Crippen LogP contribution in [0.3, 0.4) is 0 Å². The minimum atomic E-state index is -2.53. The molecule has 1 atom stereocenters. The van der Waals surface area contributed by atoms with Crippen LogP contribution in [-0.2, 0) is 14.5 Å². The maximum absolute atomic E-state index is 12.8. The van der Waals surface area contributed by atoms with Crippen molar-refractivity contribution in [2.45, 2.75) is 24.7 Å². The highest BCUT2D eigenvalue weighted by atomic mass is 32.2. The van der Waals surface area contributed by atoms with E-state index in [1.807, 2.05) is 25.1 Å². The number of carbonyl (C=O) groups is 1. The molecule has 0 aliphatic heterocycles. The molecule has 3 N–H and O–H groups in total. The van der Waals surface area contributed by atoms with Crippen LogP contribution in [0.15, 0.2) is 39.6 Å². The summed E-state index contributed by atoms with van der Waals surface area (Å²) in [5, 5.41) is 6.19. The largest absolute Gasteiger partial charge is 0.353 e. The van der Waals surface area contributed by atoms with Gasteiger partial charge in [0.05, 0.1) is 26.0 Å². The summed E-state index contributed by atoms with van der Waals surface area (Å²) in [6.45, 7) is 1.84. The van der Waals surface area contributed by atoms with Crippen molar-refractivity contribution in [2.24, 2.45) is 10.3 Å². The molecule has 3 aromatic rings. The molecule has 1 aliphatic rings. The van der Waals surface area contributed by atoms with Gasteiger partial charge in [-0.05, 0) is 31.9 Å². The van der Waals surface area contributed by atoms with Gasteiger partial charge in [-0.3, -0.25) is 4.79 Å². The van der Waals surface area contributed by atoms with E-state index in [1.165, 1.54) is 0 Å². The molecule has 28 heavy (non-hydrogen) atoms. The van der Waals surface area contributed by atoms with Crippen molar-refractivity contribution < 1.29 is 9.00 Å². The number of hydrogen-bond acceptors (Lipinski definition) is 6. The number of H-pyrrole nitrogens is 1. The van der Waals surface area contributed by atoms with E-state index in [1.54, 1.807) is 25.4 Å². The fourth-order valence-corrected chi connectivity index (χ4v) is 4.04. The number of amides is 1. The van der Waals surface area contributed by atoms with Gasteiger partial charge in [-0.2, -0.15) is 0 Å². The summed E-state index contributed by atoms with van der Waals surface area (Å²) in [6.07, 6.45) is 3.44. The molecule has 1 aromatic carbocycles. The minimum absolute atomic E-state index is 0.0178. The lowest BCUT2D eigenvalue weighted by molar-refractivity contribution is -0.117. The molecule has 1 aliphatic carbocycles. The fourth-order valence-electron chi connectivity index (χ4n) is 2.98. The van der Waals surface area contributed by atoms with Crippen LogP contribution in [0.1, 0.15) is 18.7 Å². The third-order valence-corrected chi connectivity index (χ3v) is 6.55. The van der Waals surface area contributed by atoms with Gasteiger partial charge >= 0.3 is 0 Å². The van der Waals surface area contributed by atoms with Crippen LogP contribution in [0.4, 0.5) is 17.2 Å². The van der Waals surface area contributed by atoms with Crippen LogP contribution in [0.25, 0.3) is 11.2 Å². The van der Waals surface area contributed by atoms with Crippen molar-refractivity contribution in [1.29, 1.82) is 0 Å². The van der Waals surface area contributed by atoms with E-state index < -0.39 is 9.73 Å². The monoisotopic (exact) mass is 398 g/mol. The Kier molecular flexibility index (Phi) is 4.54. The first kappa shape index (κ1) is 18.4. The number of nitrogens with zero attached hydrogens (tertiary/aromatic N) is 3. The number of aromatic amines is 1. The third kappa shape index (κ3) is 3.57. The van der Waals surface area contributed by atoms with Crippen LogP contribution in [0.5, 0.6) is 0 Å². The number of para-hydroxylation sites is 1. The van der Waals surface area contributed by atoms with Gasteiger partial charge in [0.15, 0.2) is 5.65 Å². The third-order valence-electron chi connectivity index (χ3n) is 4.68. The van der Waals surface area contributed by atoms with E-state index in [9.17, 15) is 9.00 Å². The Morgan fingerprint density at radius 2 is 2.00 bits per heavy atom. The van der Waals surface area contributed by atoms with E-state index in [0.717, 1.165) is 12.8 Å². The van der Waals surface area contributed by atoms with Gasteiger partial charge < -0.3 is 15.6 Å². The fraction of sp³-hybridized carbons (Fsp3) is 0.316. The molecule has 1 fully saturated rings. The van der Waals surface area contributed by atoms with Crippen LogP contribution >= 0.6 is 0 Å². The predicted molar refractivity (Wildman–Crippen MR) is 110 cm³/mol. The molecular formula is C19H22N6O2S. The van der Waals surface area contributed by atoms with Gasteiger partial charge in [0.1, 0.15) is 17.2 Å². The lowest BCUT2D eigenvalue weighted by atomic mass is 10.2. The lowest BCUT2D eigenvalue weighted by Gasteiger charge is -2.14. The molecule has 0 radical (unpaired) electrons. The average Bonchev–Trinajstić information content (AvgIpc) is 3.44. The molecule has 8 nitrogen and oxygen atoms in total. The van der Waals surface area contributed by atoms with Gasteiger partial charge in [0, 0.05) is 25.3 Å². The second kappa shape index (κ2) is 6.90. The van der Waals surface area contributed by atoms with Crippen molar-refractivity contribution in [1.82, 2.24) is 15.0 Å². The number of aromatic nitrogens is 3. The lowest BCUT2D eigenvalue weighted by Crippen LogP contribution is -2.14. The molecule has 1 unspecified atom stereocenters. The summed E-state index contributed by atoms with van der Waals surface area (Å²) < 4.78 is 16.9. The van der Waals surface area contributed by atoms with Crippen molar-refractivity contribution >= 4 is 44.0 Å². The van der Waals surface area contributed by atoms with Crippen LogP contribution < -0.4 is 10.6 Å². The highest BCUT2D eigenvalue weighted by Gasteiger charge is 2.30. The first-order chi connectivity index (χ1) is 13.4. The molecule has 2 heterocycles. The molecule has 0 bridgehead atoms. The SMILES string of the molecule is CN=S(C)(=O)c1ccccc1Nc1cc(NC(=O)C2CC2)nc2[nH]c(C)nc12. The van der Waals surface area contributed by atoms with E-state index in [4.69, 9.17) is 0 Å². The number of imidazole rings is 1.